The maximum Gasteiger partial charge on any atom is 0.123 e. The number of benzene rings is 1. The molecule has 1 aromatic carbocycles. The molecule has 2 atom stereocenters. The van der Waals surface area contributed by atoms with Crippen molar-refractivity contribution in [1.29, 1.82) is 0 Å². The van der Waals surface area contributed by atoms with E-state index in [1.807, 2.05) is 12.1 Å². The standard InChI is InChI=1S/C16H24FN/c1-16(2,3)14-6-4-5-7-15(14)18-13-10-8-12(17)9-11-13/h8-11,14-15,18H,4-7H2,1-3H3. The highest BCUT2D eigenvalue weighted by molar-refractivity contribution is 5.44. The first-order valence-corrected chi connectivity index (χ1v) is 6.99. The van der Waals surface area contributed by atoms with Crippen molar-refractivity contribution in [3.63, 3.8) is 0 Å². The van der Waals surface area contributed by atoms with Gasteiger partial charge in [-0.25, -0.2) is 4.39 Å². The fourth-order valence-corrected chi connectivity index (χ4v) is 3.10. The Morgan fingerprint density at radius 3 is 2.28 bits per heavy atom. The molecule has 0 saturated heterocycles. The second kappa shape index (κ2) is 5.29. The Balaban J connectivity index is 2.08. The molecule has 100 valence electrons. The van der Waals surface area contributed by atoms with Crippen LogP contribution in [0.2, 0.25) is 0 Å². The van der Waals surface area contributed by atoms with Crippen LogP contribution in [0.1, 0.15) is 46.5 Å². The van der Waals surface area contributed by atoms with Gasteiger partial charge in [0.1, 0.15) is 5.82 Å². The normalized spacial score (nSPS) is 24.9. The van der Waals surface area contributed by atoms with E-state index >= 15 is 0 Å². The Labute approximate surface area is 110 Å². The van der Waals surface area contributed by atoms with Gasteiger partial charge < -0.3 is 5.32 Å². The third kappa shape index (κ3) is 3.24. The van der Waals surface area contributed by atoms with Crippen molar-refractivity contribution < 1.29 is 4.39 Å². The summed E-state index contributed by atoms with van der Waals surface area (Å²) in [5.41, 5.74) is 1.37. The highest BCUT2D eigenvalue weighted by atomic mass is 19.1. The SMILES string of the molecule is CC(C)(C)C1CCCCC1Nc1ccc(F)cc1. The van der Waals surface area contributed by atoms with Crippen LogP contribution in [0.25, 0.3) is 0 Å². The van der Waals surface area contributed by atoms with Crippen LogP contribution in [0.5, 0.6) is 0 Å². The van der Waals surface area contributed by atoms with E-state index in [-0.39, 0.29) is 5.82 Å². The molecule has 0 radical (unpaired) electrons. The van der Waals surface area contributed by atoms with E-state index in [0.29, 0.717) is 17.4 Å². The predicted octanol–water partition coefficient (Wildman–Crippen LogP) is 4.84. The second-order valence-electron chi connectivity index (χ2n) is 6.51. The summed E-state index contributed by atoms with van der Waals surface area (Å²) in [7, 11) is 0. The van der Waals surface area contributed by atoms with Gasteiger partial charge in [-0.05, 0) is 48.4 Å². The first-order chi connectivity index (χ1) is 8.47. The fraction of sp³-hybridized carbons (Fsp3) is 0.625. The molecule has 2 rings (SSSR count). The maximum absolute atomic E-state index is 12.9. The minimum Gasteiger partial charge on any atom is -0.382 e. The predicted molar refractivity (Wildman–Crippen MR) is 75.2 cm³/mol. The minimum absolute atomic E-state index is 0.170. The lowest BCUT2D eigenvalue weighted by molar-refractivity contribution is 0.163. The molecule has 2 unspecified atom stereocenters. The lowest BCUT2D eigenvalue weighted by atomic mass is 9.69. The van der Waals surface area contributed by atoms with Crippen LogP contribution >= 0.6 is 0 Å². The summed E-state index contributed by atoms with van der Waals surface area (Å²) < 4.78 is 12.9. The monoisotopic (exact) mass is 249 g/mol. The van der Waals surface area contributed by atoms with Crippen molar-refractivity contribution in [2.24, 2.45) is 11.3 Å². The van der Waals surface area contributed by atoms with Crippen molar-refractivity contribution >= 4 is 5.69 Å². The van der Waals surface area contributed by atoms with E-state index in [2.05, 4.69) is 26.1 Å². The Bertz CT molecular complexity index is 377. The first-order valence-electron chi connectivity index (χ1n) is 6.99. The lowest BCUT2D eigenvalue weighted by Crippen LogP contribution is -2.39. The molecular formula is C16H24FN. The van der Waals surface area contributed by atoms with E-state index in [4.69, 9.17) is 0 Å². The zero-order valence-corrected chi connectivity index (χ0v) is 11.7. The summed E-state index contributed by atoms with van der Waals surface area (Å²) in [5, 5.41) is 3.60. The third-order valence-electron chi connectivity index (χ3n) is 4.07. The summed E-state index contributed by atoms with van der Waals surface area (Å²) >= 11 is 0. The summed E-state index contributed by atoms with van der Waals surface area (Å²) in [6.45, 7) is 6.97. The Hall–Kier alpha value is -1.05. The Kier molecular flexibility index (Phi) is 3.94. The third-order valence-corrected chi connectivity index (χ3v) is 4.07. The van der Waals surface area contributed by atoms with E-state index in [1.54, 1.807) is 0 Å². The molecule has 1 N–H and O–H groups in total. The van der Waals surface area contributed by atoms with Crippen LogP contribution in [0, 0.1) is 17.2 Å². The van der Waals surface area contributed by atoms with Gasteiger partial charge in [-0.2, -0.15) is 0 Å². The summed E-state index contributed by atoms with van der Waals surface area (Å²) in [6, 6.07) is 7.24. The van der Waals surface area contributed by atoms with Crippen LogP contribution < -0.4 is 5.32 Å². The Morgan fingerprint density at radius 2 is 1.67 bits per heavy atom. The smallest absolute Gasteiger partial charge is 0.123 e. The van der Waals surface area contributed by atoms with Crippen molar-refractivity contribution in [2.75, 3.05) is 5.32 Å². The molecule has 0 heterocycles. The van der Waals surface area contributed by atoms with Gasteiger partial charge >= 0.3 is 0 Å². The van der Waals surface area contributed by atoms with E-state index < -0.39 is 0 Å². The van der Waals surface area contributed by atoms with Crippen LogP contribution in [0.3, 0.4) is 0 Å². The second-order valence-corrected chi connectivity index (χ2v) is 6.51. The van der Waals surface area contributed by atoms with Crippen LogP contribution in [-0.4, -0.2) is 6.04 Å². The highest BCUT2D eigenvalue weighted by Crippen LogP contribution is 2.39. The molecule has 1 fully saturated rings. The van der Waals surface area contributed by atoms with E-state index in [9.17, 15) is 4.39 Å². The minimum atomic E-state index is -0.170. The van der Waals surface area contributed by atoms with Gasteiger partial charge in [0.25, 0.3) is 0 Å². The number of halogens is 1. The van der Waals surface area contributed by atoms with Crippen molar-refractivity contribution in [1.82, 2.24) is 0 Å². The van der Waals surface area contributed by atoms with E-state index in [0.717, 1.165) is 5.69 Å². The van der Waals surface area contributed by atoms with Crippen molar-refractivity contribution in [2.45, 2.75) is 52.5 Å². The van der Waals surface area contributed by atoms with Crippen LogP contribution in [0.4, 0.5) is 10.1 Å². The molecule has 1 aromatic rings. The van der Waals surface area contributed by atoms with Gasteiger partial charge in [0, 0.05) is 11.7 Å². The number of hydrogen-bond acceptors (Lipinski definition) is 1. The molecule has 1 aliphatic rings. The number of nitrogens with one attached hydrogen (secondary N) is 1. The van der Waals surface area contributed by atoms with E-state index in [1.165, 1.54) is 37.8 Å². The number of rotatable bonds is 2. The molecule has 2 heteroatoms. The van der Waals surface area contributed by atoms with Gasteiger partial charge in [-0.3, -0.25) is 0 Å². The summed E-state index contributed by atoms with van der Waals surface area (Å²) in [6.07, 6.45) is 5.15. The van der Waals surface area contributed by atoms with Crippen LogP contribution in [-0.2, 0) is 0 Å². The fourth-order valence-electron chi connectivity index (χ4n) is 3.10. The zero-order valence-electron chi connectivity index (χ0n) is 11.7. The van der Waals surface area contributed by atoms with Gasteiger partial charge in [0.05, 0.1) is 0 Å². The molecule has 0 aliphatic heterocycles. The molecular weight excluding hydrogens is 225 g/mol. The average Bonchev–Trinajstić information content (AvgIpc) is 2.31. The summed E-state index contributed by atoms with van der Waals surface area (Å²) in [4.78, 5) is 0. The molecule has 0 amide bonds. The number of anilines is 1. The molecule has 0 spiro atoms. The zero-order chi connectivity index (χ0) is 13.2. The highest BCUT2D eigenvalue weighted by Gasteiger charge is 2.33. The largest absolute Gasteiger partial charge is 0.382 e. The topological polar surface area (TPSA) is 12.0 Å². The van der Waals surface area contributed by atoms with Crippen molar-refractivity contribution in [3.8, 4) is 0 Å². The van der Waals surface area contributed by atoms with Gasteiger partial charge in [-0.15, -0.1) is 0 Å². The van der Waals surface area contributed by atoms with Crippen molar-refractivity contribution in [3.05, 3.63) is 30.1 Å². The summed E-state index contributed by atoms with van der Waals surface area (Å²) in [5.74, 6) is 0.521. The number of hydrogen-bond donors (Lipinski definition) is 1. The first kappa shape index (κ1) is 13.4. The molecule has 1 aliphatic carbocycles. The molecule has 0 bridgehead atoms. The van der Waals surface area contributed by atoms with Crippen LogP contribution in [0.15, 0.2) is 24.3 Å². The van der Waals surface area contributed by atoms with Gasteiger partial charge in [-0.1, -0.05) is 33.6 Å². The molecule has 1 saturated carbocycles. The quantitative estimate of drug-likeness (QED) is 0.790. The molecule has 18 heavy (non-hydrogen) atoms. The Morgan fingerprint density at radius 1 is 1.06 bits per heavy atom. The average molecular weight is 249 g/mol. The van der Waals surface area contributed by atoms with Gasteiger partial charge in [0.15, 0.2) is 0 Å². The maximum atomic E-state index is 12.9. The van der Waals surface area contributed by atoms with Gasteiger partial charge in [0.2, 0.25) is 0 Å². The molecule has 0 aromatic heterocycles. The molecule has 1 nitrogen and oxygen atoms in total. The lowest BCUT2D eigenvalue weighted by Gasteiger charge is -2.41.